The van der Waals surface area contributed by atoms with Gasteiger partial charge in [0.1, 0.15) is 0 Å². The van der Waals surface area contributed by atoms with Crippen molar-refractivity contribution in [1.82, 2.24) is 9.97 Å². The summed E-state index contributed by atoms with van der Waals surface area (Å²) in [5, 5.41) is 0. The second-order valence-corrected chi connectivity index (χ2v) is 3.97. The minimum absolute atomic E-state index is 0.166. The largest absolute Gasteiger partial charge is 0.433 e. The number of aryl methyl sites for hydroxylation is 1. The fourth-order valence-electron chi connectivity index (χ4n) is 1.61. The van der Waals surface area contributed by atoms with Crippen LogP contribution in [-0.4, -0.2) is 9.97 Å². The van der Waals surface area contributed by atoms with Crippen molar-refractivity contribution in [3.05, 3.63) is 41.6 Å². The molecule has 4 nitrogen and oxygen atoms in total. The van der Waals surface area contributed by atoms with Gasteiger partial charge < -0.3 is 0 Å². The first kappa shape index (κ1) is 13.3. The van der Waals surface area contributed by atoms with Gasteiger partial charge in [-0.3, -0.25) is 5.43 Å². The summed E-state index contributed by atoms with van der Waals surface area (Å²) in [6, 6.07) is 7.90. The van der Waals surface area contributed by atoms with E-state index in [0.717, 1.165) is 11.6 Å². The number of hydrazine groups is 1. The molecule has 2 aromatic rings. The number of rotatable bonds is 2. The van der Waals surface area contributed by atoms with Crippen LogP contribution in [0.15, 0.2) is 30.3 Å². The molecule has 0 spiro atoms. The first-order valence-corrected chi connectivity index (χ1v) is 5.40. The molecule has 0 aliphatic heterocycles. The zero-order valence-corrected chi connectivity index (χ0v) is 9.99. The molecule has 1 heterocycles. The second-order valence-electron chi connectivity index (χ2n) is 3.97. The SMILES string of the molecule is Cc1cccc(-c2cc(C(F)(F)F)nc(NN)n2)c1. The molecule has 3 N–H and O–H groups in total. The quantitative estimate of drug-likeness (QED) is 0.649. The van der Waals surface area contributed by atoms with Crippen LogP contribution in [0.25, 0.3) is 11.3 Å². The van der Waals surface area contributed by atoms with E-state index in [9.17, 15) is 13.2 Å². The van der Waals surface area contributed by atoms with Gasteiger partial charge in [0.05, 0.1) is 5.69 Å². The number of hydrogen-bond acceptors (Lipinski definition) is 4. The summed E-state index contributed by atoms with van der Waals surface area (Å²) in [6.45, 7) is 1.84. The maximum Gasteiger partial charge on any atom is 0.433 e. The third-order valence-electron chi connectivity index (χ3n) is 2.46. The van der Waals surface area contributed by atoms with Crippen LogP contribution in [0.3, 0.4) is 0 Å². The van der Waals surface area contributed by atoms with Gasteiger partial charge in [0.25, 0.3) is 0 Å². The number of nitrogens with zero attached hydrogens (tertiary/aromatic N) is 2. The van der Waals surface area contributed by atoms with Crippen LogP contribution in [0, 0.1) is 6.92 Å². The van der Waals surface area contributed by atoms with Gasteiger partial charge in [-0.05, 0) is 19.1 Å². The Morgan fingerprint density at radius 2 is 1.89 bits per heavy atom. The number of nitrogens with one attached hydrogen (secondary N) is 1. The lowest BCUT2D eigenvalue weighted by molar-refractivity contribution is -0.141. The summed E-state index contributed by atoms with van der Waals surface area (Å²) in [7, 11) is 0. The average molecular weight is 268 g/mol. The Hall–Kier alpha value is -2.15. The molecule has 0 aliphatic carbocycles. The molecule has 0 saturated heterocycles. The van der Waals surface area contributed by atoms with Crippen LogP contribution in [0.5, 0.6) is 0 Å². The number of nitrogen functional groups attached to an aromatic ring is 1. The van der Waals surface area contributed by atoms with E-state index in [1.165, 1.54) is 0 Å². The highest BCUT2D eigenvalue weighted by Crippen LogP contribution is 2.31. The van der Waals surface area contributed by atoms with Crippen LogP contribution in [-0.2, 0) is 6.18 Å². The van der Waals surface area contributed by atoms with Gasteiger partial charge in [0.15, 0.2) is 5.69 Å². The fourth-order valence-corrected chi connectivity index (χ4v) is 1.61. The summed E-state index contributed by atoms with van der Waals surface area (Å²) in [4.78, 5) is 7.23. The molecule has 19 heavy (non-hydrogen) atoms. The number of hydrogen-bond donors (Lipinski definition) is 2. The van der Waals surface area contributed by atoms with Crippen LogP contribution in [0.2, 0.25) is 0 Å². The van der Waals surface area contributed by atoms with Crippen LogP contribution in [0.4, 0.5) is 19.1 Å². The first-order valence-electron chi connectivity index (χ1n) is 5.40. The minimum atomic E-state index is -4.55. The van der Waals surface area contributed by atoms with Gasteiger partial charge in [0.2, 0.25) is 5.95 Å². The summed E-state index contributed by atoms with van der Waals surface area (Å²) in [5.74, 6) is 4.82. The minimum Gasteiger partial charge on any atom is -0.292 e. The number of aromatic nitrogens is 2. The molecule has 0 fully saturated rings. The molecule has 100 valence electrons. The third-order valence-corrected chi connectivity index (χ3v) is 2.46. The second kappa shape index (κ2) is 4.85. The van der Waals surface area contributed by atoms with E-state index in [2.05, 4.69) is 9.97 Å². The van der Waals surface area contributed by atoms with Crippen LogP contribution >= 0.6 is 0 Å². The van der Waals surface area contributed by atoms with Crippen molar-refractivity contribution in [2.75, 3.05) is 5.43 Å². The number of halogens is 3. The summed E-state index contributed by atoms with van der Waals surface area (Å²) < 4.78 is 38.2. The van der Waals surface area contributed by atoms with Crippen molar-refractivity contribution >= 4 is 5.95 Å². The highest BCUT2D eigenvalue weighted by atomic mass is 19.4. The number of benzene rings is 1. The molecule has 0 radical (unpaired) electrons. The van der Waals surface area contributed by atoms with E-state index in [-0.39, 0.29) is 11.6 Å². The third kappa shape index (κ3) is 3.00. The molecule has 1 aromatic heterocycles. The van der Waals surface area contributed by atoms with Gasteiger partial charge in [-0.25, -0.2) is 15.8 Å². The molecule has 7 heteroatoms. The molecule has 1 aromatic carbocycles. The van der Waals surface area contributed by atoms with E-state index < -0.39 is 11.9 Å². The lowest BCUT2D eigenvalue weighted by Gasteiger charge is -2.10. The standard InChI is InChI=1S/C12H11F3N4/c1-7-3-2-4-8(5-7)9-6-10(12(13,14)15)18-11(17-9)19-16/h2-6H,16H2,1H3,(H,17,18,19). The predicted molar refractivity (Wildman–Crippen MR) is 65.0 cm³/mol. The number of alkyl halides is 3. The Balaban J connectivity index is 2.57. The zero-order chi connectivity index (χ0) is 14.0. The normalized spacial score (nSPS) is 11.4. The van der Waals surface area contributed by atoms with E-state index in [1.54, 1.807) is 18.2 Å². The molecule has 0 saturated carbocycles. The molecule has 0 atom stereocenters. The Kier molecular flexibility index (Phi) is 3.39. The van der Waals surface area contributed by atoms with Crippen molar-refractivity contribution in [1.29, 1.82) is 0 Å². The van der Waals surface area contributed by atoms with E-state index in [1.807, 2.05) is 18.4 Å². The van der Waals surface area contributed by atoms with Crippen molar-refractivity contribution in [2.45, 2.75) is 13.1 Å². The fraction of sp³-hybridized carbons (Fsp3) is 0.167. The Labute approximate surface area is 107 Å². The molecular weight excluding hydrogens is 257 g/mol. The van der Waals surface area contributed by atoms with Crippen LogP contribution in [0.1, 0.15) is 11.3 Å². The Bertz CT molecular complexity index is 596. The van der Waals surface area contributed by atoms with Gasteiger partial charge >= 0.3 is 6.18 Å². The zero-order valence-electron chi connectivity index (χ0n) is 9.99. The molecule has 0 amide bonds. The molecule has 2 rings (SSSR count). The van der Waals surface area contributed by atoms with E-state index in [0.29, 0.717) is 5.56 Å². The van der Waals surface area contributed by atoms with Gasteiger partial charge in [0, 0.05) is 5.56 Å². The number of nitrogens with two attached hydrogens (primary N) is 1. The maximum absolute atomic E-state index is 12.7. The first-order chi connectivity index (χ1) is 8.90. The topological polar surface area (TPSA) is 63.8 Å². The predicted octanol–water partition coefficient (Wildman–Crippen LogP) is 2.76. The lowest BCUT2D eigenvalue weighted by atomic mass is 10.1. The van der Waals surface area contributed by atoms with Crippen molar-refractivity contribution in [3.8, 4) is 11.3 Å². The highest BCUT2D eigenvalue weighted by Gasteiger charge is 2.33. The van der Waals surface area contributed by atoms with E-state index in [4.69, 9.17) is 5.84 Å². The smallest absolute Gasteiger partial charge is 0.292 e. The summed E-state index contributed by atoms with van der Waals surface area (Å²) in [5.41, 5.74) is 2.67. The summed E-state index contributed by atoms with van der Waals surface area (Å²) in [6.07, 6.45) is -4.55. The Morgan fingerprint density at radius 3 is 2.47 bits per heavy atom. The van der Waals surface area contributed by atoms with Gasteiger partial charge in [-0.15, -0.1) is 0 Å². The van der Waals surface area contributed by atoms with E-state index >= 15 is 0 Å². The highest BCUT2D eigenvalue weighted by molar-refractivity contribution is 5.61. The molecular formula is C12H11F3N4. The summed E-state index contributed by atoms with van der Waals surface area (Å²) >= 11 is 0. The molecule has 0 aliphatic rings. The molecule has 0 bridgehead atoms. The maximum atomic E-state index is 12.7. The Morgan fingerprint density at radius 1 is 1.16 bits per heavy atom. The van der Waals surface area contributed by atoms with Crippen LogP contribution < -0.4 is 11.3 Å². The van der Waals surface area contributed by atoms with Crippen molar-refractivity contribution < 1.29 is 13.2 Å². The van der Waals surface area contributed by atoms with Crippen molar-refractivity contribution in [3.63, 3.8) is 0 Å². The molecule has 0 unspecified atom stereocenters. The van der Waals surface area contributed by atoms with Crippen molar-refractivity contribution in [2.24, 2.45) is 5.84 Å². The lowest BCUT2D eigenvalue weighted by Crippen LogP contribution is -2.15. The monoisotopic (exact) mass is 268 g/mol. The average Bonchev–Trinajstić information content (AvgIpc) is 2.37. The number of anilines is 1. The van der Waals surface area contributed by atoms with Gasteiger partial charge in [-0.1, -0.05) is 23.8 Å². The van der Waals surface area contributed by atoms with Gasteiger partial charge in [-0.2, -0.15) is 13.2 Å².